The van der Waals surface area contributed by atoms with Gasteiger partial charge in [-0.15, -0.1) is 0 Å². The fourth-order valence-corrected chi connectivity index (χ4v) is 1.29. The summed E-state index contributed by atoms with van der Waals surface area (Å²) in [6, 6.07) is 0. The highest BCUT2D eigenvalue weighted by molar-refractivity contribution is 6.03. The molecule has 0 aliphatic heterocycles. The van der Waals surface area contributed by atoms with Crippen LogP contribution < -0.4 is 0 Å². The molecule has 1 rings (SSSR count). The second kappa shape index (κ2) is 4.07. The fourth-order valence-electron chi connectivity index (χ4n) is 1.29. The molecule has 1 N–H and O–H groups in total. The van der Waals surface area contributed by atoms with Crippen LogP contribution in [-0.4, -0.2) is 23.5 Å². The molecule has 4 nitrogen and oxygen atoms in total. The number of esters is 1. The van der Waals surface area contributed by atoms with Crippen LogP contribution in [0.1, 0.15) is 26.2 Å². The van der Waals surface area contributed by atoms with Crippen LogP contribution >= 0.6 is 0 Å². The zero-order valence-electron chi connectivity index (χ0n) is 7.50. The molecular weight excluding hydrogens is 172 g/mol. The van der Waals surface area contributed by atoms with Gasteiger partial charge in [-0.1, -0.05) is 0 Å². The van der Waals surface area contributed by atoms with E-state index < -0.39 is 11.7 Å². The average molecular weight is 184 g/mol. The van der Waals surface area contributed by atoms with Crippen LogP contribution in [-0.2, 0) is 14.3 Å². The van der Waals surface area contributed by atoms with Gasteiger partial charge in [-0.05, 0) is 19.8 Å². The molecule has 0 atom stereocenters. The van der Waals surface area contributed by atoms with E-state index in [2.05, 4.69) is 4.74 Å². The maximum Gasteiger partial charge on any atom is 0.373 e. The number of Topliss-reactive ketones (excluding diaryl/α,β-unsaturated/α-hetero) is 1. The molecule has 1 aliphatic carbocycles. The molecule has 0 spiro atoms. The molecule has 1 aliphatic rings. The van der Waals surface area contributed by atoms with Gasteiger partial charge in [0.25, 0.3) is 0 Å². The second-order valence-electron chi connectivity index (χ2n) is 2.82. The summed E-state index contributed by atoms with van der Waals surface area (Å²) < 4.78 is 4.57. The van der Waals surface area contributed by atoms with Crippen LogP contribution in [0.25, 0.3) is 0 Å². The molecule has 0 saturated heterocycles. The minimum absolute atomic E-state index is 0.148. The molecule has 1 saturated carbocycles. The number of rotatable bonds is 2. The Labute approximate surface area is 76.2 Å². The van der Waals surface area contributed by atoms with Crippen molar-refractivity contribution in [2.24, 2.45) is 0 Å². The Morgan fingerprint density at radius 2 is 2.23 bits per heavy atom. The Kier molecular flexibility index (Phi) is 3.06. The third-order valence-electron chi connectivity index (χ3n) is 1.92. The van der Waals surface area contributed by atoms with Gasteiger partial charge in [0.1, 0.15) is 0 Å². The second-order valence-corrected chi connectivity index (χ2v) is 2.82. The number of carbonyl (C=O) groups excluding carboxylic acids is 2. The summed E-state index contributed by atoms with van der Waals surface area (Å²) in [6.07, 6.45) is 1.60. The molecule has 4 heteroatoms. The molecule has 0 aromatic heterocycles. The summed E-state index contributed by atoms with van der Waals surface area (Å²) in [4.78, 5) is 22.1. The van der Waals surface area contributed by atoms with Crippen molar-refractivity contribution in [2.45, 2.75) is 26.2 Å². The van der Waals surface area contributed by atoms with Crippen molar-refractivity contribution in [3.05, 3.63) is 11.3 Å². The highest BCUT2D eigenvalue weighted by Gasteiger charge is 2.25. The van der Waals surface area contributed by atoms with E-state index in [0.29, 0.717) is 19.3 Å². The minimum atomic E-state index is -0.798. The molecule has 0 heterocycles. The van der Waals surface area contributed by atoms with Crippen LogP contribution in [0.15, 0.2) is 11.3 Å². The molecule has 0 amide bonds. The van der Waals surface area contributed by atoms with Gasteiger partial charge in [0, 0.05) is 12.0 Å². The molecule has 0 radical (unpaired) electrons. The Balaban J connectivity index is 2.78. The molecular formula is C9H12O4. The van der Waals surface area contributed by atoms with Crippen molar-refractivity contribution < 1.29 is 19.4 Å². The summed E-state index contributed by atoms with van der Waals surface area (Å²) in [6.45, 7) is 1.84. The Morgan fingerprint density at radius 3 is 2.69 bits per heavy atom. The third kappa shape index (κ3) is 2.08. The maximum atomic E-state index is 11.1. The number of hydrogen-bond acceptors (Lipinski definition) is 4. The summed E-state index contributed by atoms with van der Waals surface area (Å²) in [5.74, 6) is -1.46. The van der Waals surface area contributed by atoms with Crippen molar-refractivity contribution in [1.82, 2.24) is 0 Å². The van der Waals surface area contributed by atoms with Crippen LogP contribution in [0.4, 0.5) is 0 Å². The van der Waals surface area contributed by atoms with Gasteiger partial charge >= 0.3 is 5.97 Å². The lowest BCUT2D eigenvalue weighted by atomic mass is 10.2. The van der Waals surface area contributed by atoms with Gasteiger partial charge in [-0.3, -0.25) is 4.79 Å². The van der Waals surface area contributed by atoms with Crippen molar-refractivity contribution in [3.63, 3.8) is 0 Å². The number of ether oxygens (including phenoxy) is 1. The SMILES string of the molecule is CCOC(=O)/C(O)=C1/CCCC1=O. The lowest BCUT2D eigenvalue weighted by molar-refractivity contribution is -0.141. The first-order chi connectivity index (χ1) is 6.16. The van der Waals surface area contributed by atoms with E-state index in [0.717, 1.165) is 0 Å². The van der Waals surface area contributed by atoms with E-state index in [9.17, 15) is 14.7 Å². The minimum Gasteiger partial charge on any atom is -0.502 e. The Hall–Kier alpha value is -1.32. The largest absolute Gasteiger partial charge is 0.502 e. The molecule has 0 aromatic rings. The average Bonchev–Trinajstić information content (AvgIpc) is 2.50. The van der Waals surface area contributed by atoms with Gasteiger partial charge in [0.15, 0.2) is 5.78 Å². The number of aliphatic hydroxyl groups excluding tert-OH is 1. The molecule has 13 heavy (non-hydrogen) atoms. The molecule has 0 bridgehead atoms. The Morgan fingerprint density at radius 1 is 1.54 bits per heavy atom. The van der Waals surface area contributed by atoms with Crippen LogP contribution in [0.2, 0.25) is 0 Å². The standard InChI is InChI=1S/C9H12O4/c1-2-13-9(12)8(11)6-4-3-5-7(6)10/h11H,2-5H2,1H3/b8-6+. The van der Waals surface area contributed by atoms with Gasteiger partial charge in [0.05, 0.1) is 6.61 Å². The number of carbonyl (C=O) groups is 2. The predicted octanol–water partition coefficient (Wildman–Crippen LogP) is 1.11. The highest BCUT2D eigenvalue weighted by Crippen LogP contribution is 2.23. The number of aliphatic hydroxyl groups is 1. The van der Waals surface area contributed by atoms with Crippen molar-refractivity contribution in [1.29, 1.82) is 0 Å². The quantitative estimate of drug-likeness (QED) is 0.396. The summed E-state index contributed by atoms with van der Waals surface area (Å²) >= 11 is 0. The van der Waals surface area contributed by atoms with E-state index >= 15 is 0 Å². The number of allylic oxidation sites excluding steroid dienone is 1. The first kappa shape index (κ1) is 9.77. The van der Waals surface area contributed by atoms with E-state index in [-0.39, 0.29) is 18.0 Å². The zero-order chi connectivity index (χ0) is 9.84. The predicted molar refractivity (Wildman–Crippen MR) is 45.1 cm³/mol. The fraction of sp³-hybridized carbons (Fsp3) is 0.556. The lowest BCUT2D eigenvalue weighted by Crippen LogP contribution is -2.11. The normalized spacial score (nSPS) is 20.2. The van der Waals surface area contributed by atoms with Crippen LogP contribution in [0.5, 0.6) is 0 Å². The first-order valence-electron chi connectivity index (χ1n) is 4.29. The molecule has 0 aromatic carbocycles. The topological polar surface area (TPSA) is 63.6 Å². The number of ketones is 1. The van der Waals surface area contributed by atoms with Gasteiger partial charge in [-0.25, -0.2) is 4.79 Å². The molecule has 72 valence electrons. The summed E-state index contributed by atoms with van der Waals surface area (Å²) in [5, 5.41) is 9.30. The Bertz CT molecular complexity index is 265. The van der Waals surface area contributed by atoms with Gasteiger partial charge in [0.2, 0.25) is 5.76 Å². The van der Waals surface area contributed by atoms with Crippen LogP contribution in [0, 0.1) is 0 Å². The van der Waals surface area contributed by atoms with Gasteiger partial charge < -0.3 is 9.84 Å². The smallest absolute Gasteiger partial charge is 0.373 e. The van der Waals surface area contributed by atoms with Crippen molar-refractivity contribution >= 4 is 11.8 Å². The van der Waals surface area contributed by atoms with Crippen molar-refractivity contribution in [2.75, 3.05) is 6.61 Å². The van der Waals surface area contributed by atoms with E-state index in [1.54, 1.807) is 6.92 Å². The summed E-state index contributed by atoms with van der Waals surface area (Å²) in [7, 11) is 0. The zero-order valence-corrected chi connectivity index (χ0v) is 7.50. The van der Waals surface area contributed by atoms with E-state index in [1.807, 2.05) is 0 Å². The maximum absolute atomic E-state index is 11.1. The molecule has 1 fully saturated rings. The van der Waals surface area contributed by atoms with Crippen molar-refractivity contribution in [3.8, 4) is 0 Å². The monoisotopic (exact) mass is 184 g/mol. The van der Waals surface area contributed by atoms with E-state index in [1.165, 1.54) is 0 Å². The molecule has 0 unspecified atom stereocenters. The number of hydrogen-bond donors (Lipinski definition) is 1. The third-order valence-corrected chi connectivity index (χ3v) is 1.92. The highest BCUT2D eigenvalue weighted by atomic mass is 16.5. The lowest BCUT2D eigenvalue weighted by Gasteiger charge is -2.02. The summed E-state index contributed by atoms with van der Waals surface area (Å²) in [5.41, 5.74) is 0.221. The van der Waals surface area contributed by atoms with Crippen LogP contribution in [0.3, 0.4) is 0 Å². The first-order valence-corrected chi connectivity index (χ1v) is 4.29. The van der Waals surface area contributed by atoms with E-state index in [4.69, 9.17) is 0 Å². The van der Waals surface area contributed by atoms with Gasteiger partial charge in [-0.2, -0.15) is 0 Å².